The number of ether oxygens (including phenoxy) is 1. The Balaban J connectivity index is 1.51. The molecule has 1 aliphatic carbocycles. The van der Waals surface area contributed by atoms with Gasteiger partial charge in [-0.05, 0) is 58.6 Å². The number of carbonyl (C=O) groups excluding carboxylic acids is 2. The lowest BCUT2D eigenvalue weighted by Gasteiger charge is -2.32. The molecule has 2 aromatic heterocycles. The topological polar surface area (TPSA) is 208 Å². The normalized spacial score (nSPS) is 18.2. The number of anilines is 2. The van der Waals surface area contributed by atoms with Crippen LogP contribution in [0.4, 0.5) is 11.6 Å². The van der Waals surface area contributed by atoms with Crippen molar-refractivity contribution in [3.63, 3.8) is 0 Å². The first-order chi connectivity index (χ1) is 17.3. The zero-order valence-electron chi connectivity index (χ0n) is 21.4. The van der Waals surface area contributed by atoms with Gasteiger partial charge in [-0.15, -0.1) is 0 Å². The number of pyridine rings is 1. The number of nitrogens with one attached hydrogen (secondary N) is 1. The molecule has 13 heteroatoms. The summed E-state index contributed by atoms with van der Waals surface area (Å²) in [5.74, 6) is -0.905. The molecule has 2 aliphatic rings. The number of primary amides is 1. The fraction of sp³-hybridized carbons (Fsp3) is 0.583. The maximum atomic E-state index is 12.9. The van der Waals surface area contributed by atoms with Crippen molar-refractivity contribution in [2.75, 3.05) is 30.3 Å². The first-order valence-corrected chi connectivity index (χ1v) is 12.4. The van der Waals surface area contributed by atoms with Gasteiger partial charge in [0.2, 0.25) is 11.8 Å². The number of piperidine rings is 1. The highest BCUT2D eigenvalue weighted by molar-refractivity contribution is 5.95. The van der Waals surface area contributed by atoms with Gasteiger partial charge >= 0.3 is 6.01 Å². The van der Waals surface area contributed by atoms with E-state index in [4.69, 9.17) is 21.9 Å². The predicted octanol–water partition coefficient (Wildman–Crippen LogP) is 0.0910. The molecule has 2 aromatic rings. The SMILES string of the molecule is C[C@@H](NC(=O)c1nc(OCC2(N)CC2)nc(N2CCC(c3ccc(N)c(C(N)=O)n3)CC2)n1)C(C)(C)O. The standard InChI is InChI=1S/C24H35N9O4/c1-13(23(2,3)36)28-20(35)19-30-21(32-22(31-19)37-12-24(27)8-9-24)33-10-6-14(7-11-33)16-5-4-15(25)17(29-16)18(26)34/h4-5,13-14,36H,6-12,25,27H2,1-3H3,(H2,26,34)(H,28,35)/t13-/m1/s1. The Hall–Kier alpha value is -3.58. The molecule has 1 saturated carbocycles. The van der Waals surface area contributed by atoms with Crippen LogP contribution in [0, 0.1) is 0 Å². The second-order valence-corrected chi connectivity index (χ2v) is 10.5. The molecule has 1 aliphatic heterocycles. The fourth-order valence-electron chi connectivity index (χ4n) is 3.89. The third-order valence-electron chi connectivity index (χ3n) is 6.97. The number of carbonyl (C=O) groups is 2. The van der Waals surface area contributed by atoms with E-state index in [1.165, 1.54) is 0 Å². The molecule has 0 aromatic carbocycles. The molecule has 4 rings (SSSR count). The van der Waals surface area contributed by atoms with Crippen LogP contribution < -0.4 is 32.2 Å². The summed E-state index contributed by atoms with van der Waals surface area (Å²) in [5.41, 5.74) is 16.9. The number of amides is 2. The minimum absolute atomic E-state index is 0.0243. The van der Waals surface area contributed by atoms with Crippen LogP contribution >= 0.6 is 0 Å². The molecule has 2 fully saturated rings. The lowest BCUT2D eigenvalue weighted by atomic mass is 9.93. The number of hydrogen-bond acceptors (Lipinski definition) is 11. The summed E-state index contributed by atoms with van der Waals surface area (Å²) in [5, 5.41) is 12.9. The van der Waals surface area contributed by atoms with Crippen LogP contribution in [0.15, 0.2) is 12.1 Å². The lowest BCUT2D eigenvalue weighted by Crippen LogP contribution is -2.47. The van der Waals surface area contributed by atoms with E-state index in [2.05, 4.69) is 25.3 Å². The van der Waals surface area contributed by atoms with E-state index in [-0.39, 0.29) is 35.7 Å². The molecule has 3 heterocycles. The Morgan fingerprint density at radius 1 is 1.22 bits per heavy atom. The Morgan fingerprint density at radius 3 is 2.49 bits per heavy atom. The van der Waals surface area contributed by atoms with Crippen LogP contribution in [-0.4, -0.2) is 73.7 Å². The van der Waals surface area contributed by atoms with Gasteiger partial charge < -0.3 is 37.3 Å². The number of aliphatic hydroxyl groups is 1. The van der Waals surface area contributed by atoms with Gasteiger partial charge in [0.05, 0.1) is 22.9 Å². The van der Waals surface area contributed by atoms with Gasteiger partial charge in [0.15, 0.2) is 5.69 Å². The van der Waals surface area contributed by atoms with Crippen LogP contribution in [0.5, 0.6) is 6.01 Å². The van der Waals surface area contributed by atoms with Gasteiger partial charge in [-0.2, -0.15) is 15.0 Å². The van der Waals surface area contributed by atoms with Gasteiger partial charge in [-0.1, -0.05) is 0 Å². The van der Waals surface area contributed by atoms with Crippen molar-refractivity contribution in [3.05, 3.63) is 29.3 Å². The second kappa shape index (κ2) is 10.1. The molecular formula is C24H35N9O4. The summed E-state index contributed by atoms with van der Waals surface area (Å²) in [6.45, 7) is 6.30. The zero-order chi connectivity index (χ0) is 27.0. The average molecular weight is 514 g/mol. The molecule has 0 radical (unpaired) electrons. The van der Waals surface area contributed by atoms with E-state index in [1.807, 2.05) is 11.0 Å². The molecule has 200 valence electrons. The van der Waals surface area contributed by atoms with Gasteiger partial charge in [0.25, 0.3) is 11.8 Å². The molecule has 1 atom stereocenters. The smallest absolute Gasteiger partial charge is 0.322 e. The van der Waals surface area contributed by atoms with E-state index in [1.54, 1.807) is 26.8 Å². The number of aromatic nitrogens is 4. The van der Waals surface area contributed by atoms with Crippen molar-refractivity contribution in [1.82, 2.24) is 25.3 Å². The minimum Gasteiger partial charge on any atom is -0.461 e. The van der Waals surface area contributed by atoms with Crippen LogP contribution in [0.2, 0.25) is 0 Å². The molecular weight excluding hydrogens is 478 g/mol. The highest BCUT2D eigenvalue weighted by atomic mass is 16.5. The maximum Gasteiger partial charge on any atom is 0.322 e. The molecule has 0 bridgehead atoms. The van der Waals surface area contributed by atoms with Gasteiger partial charge in [-0.25, -0.2) is 4.98 Å². The van der Waals surface area contributed by atoms with E-state index >= 15 is 0 Å². The zero-order valence-corrected chi connectivity index (χ0v) is 21.4. The highest BCUT2D eigenvalue weighted by Crippen LogP contribution is 2.33. The van der Waals surface area contributed by atoms with Crippen molar-refractivity contribution in [1.29, 1.82) is 0 Å². The third-order valence-corrected chi connectivity index (χ3v) is 6.97. The van der Waals surface area contributed by atoms with Gasteiger partial charge in [0, 0.05) is 24.7 Å². The lowest BCUT2D eigenvalue weighted by molar-refractivity contribution is 0.0405. The number of hydrogen-bond donors (Lipinski definition) is 5. The average Bonchev–Trinajstić information content (AvgIpc) is 3.59. The summed E-state index contributed by atoms with van der Waals surface area (Å²) in [6, 6.07) is 2.94. The summed E-state index contributed by atoms with van der Waals surface area (Å²) >= 11 is 0. The monoisotopic (exact) mass is 513 g/mol. The summed E-state index contributed by atoms with van der Waals surface area (Å²) in [6.07, 6.45) is 3.12. The van der Waals surface area contributed by atoms with Crippen LogP contribution in [-0.2, 0) is 0 Å². The van der Waals surface area contributed by atoms with E-state index in [9.17, 15) is 14.7 Å². The molecule has 2 amide bonds. The molecule has 13 nitrogen and oxygen atoms in total. The Bertz CT molecular complexity index is 1170. The third kappa shape index (κ3) is 6.41. The van der Waals surface area contributed by atoms with Crippen LogP contribution in [0.25, 0.3) is 0 Å². The Morgan fingerprint density at radius 2 is 1.89 bits per heavy atom. The quantitative estimate of drug-likeness (QED) is 0.303. The first-order valence-electron chi connectivity index (χ1n) is 12.4. The molecule has 0 spiro atoms. The maximum absolute atomic E-state index is 12.9. The fourth-order valence-corrected chi connectivity index (χ4v) is 3.89. The van der Waals surface area contributed by atoms with E-state index in [0.717, 1.165) is 18.5 Å². The van der Waals surface area contributed by atoms with E-state index < -0.39 is 29.0 Å². The van der Waals surface area contributed by atoms with Gasteiger partial charge in [-0.3, -0.25) is 9.59 Å². The molecule has 0 unspecified atom stereocenters. The van der Waals surface area contributed by atoms with Crippen molar-refractivity contribution in [3.8, 4) is 6.01 Å². The summed E-state index contributed by atoms with van der Waals surface area (Å²) in [7, 11) is 0. The Kier molecular flexibility index (Phi) is 7.20. The largest absolute Gasteiger partial charge is 0.461 e. The van der Waals surface area contributed by atoms with Crippen molar-refractivity contribution < 1.29 is 19.4 Å². The van der Waals surface area contributed by atoms with Crippen LogP contribution in [0.3, 0.4) is 0 Å². The van der Waals surface area contributed by atoms with Crippen molar-refractivity contribution >= 4 is 23.5 Å². The number of nitrogens with zero attached hydrogens (tertiary/aromatic N) is 5. The summed E-state index contributed by atoms with van der Waals surface area (Å²) < 4.78 is 5.76. The predicted molar refractivity (Wildman–Crippen MR) is 136 cm³/mol. The second-order valence-electron chi connectivity index (χ2n) is 10.5. The minimum atomic E-state index is -1.13. The summed E-state index contributed by atoms with van der Waals surface area (Å²) in [4.78, 5) is 43.9. The molecule has 1 saturated heterocycles. The van der Waals surface area contributed by atoms with Crippen molar-refractivity contribution in [2.24, 2.45) is 11.5 Å². The van der Waals surface area contributed by atoms with Gasteiger partial charge in [0.1, 0.15) is 6.61 Å². The molecule has 8 N–H and O–H groups in total. The van der Waals surface area contributed by atoms with Crippen LogP contribution in [0.1, 0.15) is 79.2 Å². The number of nitrogen functional groups attached to an aromatic ring is 1. The van der Waals surface area contributed by atoms with E-state index in [0.29, 0.717) is 31.9 Å². The highest BCUT2D eigenvalue weighted by Gasteiger charge is 2.39. The molecule has 37 heavy (non-hydrogen) atoms. The number of rotatable bonds is 9. The number of nitrogens with two attached hydrogens (primary N) is 3. The first kappa shape index (κ1) is 26.5. The Labute approximate surface area is 215 Å². The van der Waals surface area contributed by atoms with Crippen molar-refractivity contribution in [2.45, 2.75) is 69.6 Å².